The lowest BCUT2D eigenvalue weighted by molar-refractivity contribution is 0.895. The maximum absolute atomic E-state index is 4.21. The zero-order chi connectivity index (χ0) is 9.10. The van der Waals surface area contributed by atoms with Crippen LogP contribution in [0.4, 0.5) is 0 Å². The maximum Gasteiger partial charge on any atom is 0.0681 e. The van der Waals surface area contributed by atoms with Crippen LogP contribution in [0.15, 0.2) is 35.7 Å². The van der Waals surface area contributed by atoms with Crippen molar-refractivity contribution in [1.82, 2.24) is 9.05 Å². The van der Waals surface area contributed by atoms with Crippen LogP contribution in [0, 0.1) is 6.92 Å². The van der Waals surface area contributed by atoms with Crippen LogP contribution in [0.1, 0.15) is 10.6 Å². The highest BCUT2D eigenvalue weighted by Gasteiger charge is 1.92. The van der Waals surface area contributed by atoms with E-state index < -0.39 is 0 Å². The van der Waals surface area contributed by atoms with Crippen molar-refractivity contribution in [2.75, 3.05) is 0 Å². The van der Waals surface area contributed by atoms with Gasteiger partial charge < -0.3 is 0 Å². The molecule has 0 spiro atoms. The minimum atomic E-state index is 1.04. The van der Waals surface area contributed by atoms with Gasteiger partial charge in [0.05, 0.1) is 16.8 Å². The van der Waals surface area contributed by atoms with Crippen molar-refractivity contribution in [3.05, 3.63) is 41.2 Å². The third-order valence-corrected chi connectivity index (χ3v) is 2.37. The molecular formula is C9H9N3S. The van der Waals surface area contributed by atoms with E-state index >= 15 is 0 Å². The van der Waals surface area contributed by atoms with E-state index in [1.807, 2.05) is 43.7 Å². The molecule has 0 aliphatic heterocycles. The average Bonchev–Trinajstić information content (AvgIpc) is 2.71. The number of hydrogen-bond donors (Lipinski definition) is 0. The zero-order valence-corrected chi connectivity index (χ0v) is 8.03. The average molecular weight is 191 g/mol. The number of hydrogen-bond acceptors (Lipinski definition) is 3. The Morgan fingerprint density at radius 3 is 2.85 bits per heavy atom. The largest absolute Gasteiger partial charge is 0.248 e. The fourth-order valence-corrected chi connectivity index (χ4v) is 1.59. The van der Waals surface area contributed by atoms with Gasteiger partial charge >= 0.3 is 0 Å². The van der Waals surface area contributed by atoms with Crippen LogP contribution in [0.5, 0.6) is 0 Å². The van der Waals surface area contributed by atoms with Gasteiger partial charge in [-0.05, 0) is 36.7 Å². The van der Waals surface area contributed by atoms with E-state index in [-0.39, 0.29) is 0 Å². The molecule has 13 heavy (non-hydrogen) atoms. The van der Waals surface area contributed by atoms with Crippen LogP contribution in [-0.2, 0) is 0 Å². The van der Waals surface area contributed by atoms with Gasteiger partial charge in [-0.25, -0.2) is 4.68 Å². The van der Waals surface area contributed by atoms with E-state index in [9.17, 15) is 0 Å². The van der Waals surface area contributed by atoms with E-state index in [2.05, 4.69) is 9.47 Å². The van der Waals surface area contributed by atoms with Crippen LogP contribution in [0.2, 0.25) is 0 Å². The van der Waals surface area contributed by atoms with Crippen LogP contribution in [0.3, 0.4) is 0 Å². The lowest BCUT2D eigenvalue weighted by Crippen LogP contribution is -1.83. The third kappa shape index (κ3) is 2.03. The van der Waals surface area contributed by atoms with Gasteiger partial charge in [-0.1, -0.05) is 0 Å². The SMILES string of the molecule is Cc1cc(/C=N/n2cccc2)sn1. The second-order valence-electron chi connectivity index (χ2n) is 2.68. The first kappa shape index (κ1) is 8.19. The first-order chi connectivity index (χ1) is 6.34. The highest BCUT2D eigenvalue weighted by Crippen LogP contribution is 2.05. The van der Waals surface area contributed by atoms with Crippen molar-refractivity contribution in [3.63, 3.8) is 0 Å². The molecule has 0 bridgehead atoms. The van der Waals surface area contributed by atoms with Gasteiger partial charge in [0.1, 0.15) is 0 Å². The number of nitrogens with zero attached hydrogens (tertiary/aromatic N) is 3. The molecule has 0 radical (unpaired) electrons. The van der Waals surface area contributed by atoms with Crippen molar-refractivity contribution >= 4 is 17.7 Å². The van der Waals surface area contributed by atoms with E-state index in [4.69, 9.17) is 0 Å². The summed E-state index contributed by atoms with van der Waals surface area (Å²) in [4.78, 5) is 1.08. The minimum Gasteiger partial charge on any atom is -0.248 e. The summed E-state index contributed by atoms with van der Waals surface area (Å²) < 4.78 is 5.92. The summed E-state index contributed by atoms with van der Waals surface area (Å²) in [6, 6.07) is 5.89. The molecule has 0 atom stereocenters. The molecule has 2 rings (SSSR count). The molecule has 2 aromatic heterocycles. The topological polar surface area (TPSA) is 30.2 Å². The van der Waals surface area contributed by atoms with Crippen molar-refractivity contribution in [1.29, 1.82) is 0 Å². The Kier molecular flexibility index (Phi) is 2.23. The Bertz CT molecular complexity index is 400. The molecule has 0 fully saturated rings. The van der Waals surface area contributed by atoms with E-state index in [1.54, 1.807) is 4.68 Å². The second kappa shape index (κ2) is 3.53. The Labute approximate surface area is 80.5 Å². The lowest BCUT2D eigenvalue weighted by Gasteiger charge is -1.88. The molecular weight excluding hydrogens is 182 g/mol. The highest BCUT2D eigenvalue weighted by molar-refractivity contribution is 7.07. The normalized spacial score (nSPS) is 11.2. The molecule has 66 valence electrons. The Morgan fingerprint density at radius 1 is 1.46 bits per heavy atom. The van der Waals surface area contributed by atoms with Gasteiger partial charge in [-0.15, -0.1) is 0 Å². The van der Waals surface area contributed by atoms with Crippen LogP contribution in [-0.4, -0.2) is 15.3 Å². The molecule has 4 heteroatoms. The van der Waals surface area contributed by atoms with Gasteiger partial charge in [0.25, 0.3) is 0 Å². The van der Waals surface area contributed by atoms with Gasteiger partial charge in [0, 0.05) is 12.4 Å². The molecule has 0 saturated heterocycles. The van der Waals surface area contributed by atoms with Crippen LogP contribution >= 0.6 is 11.5 Å². The van der Waals surface area contributed by atoms with E-state index in [0.717, 1.165) is 10.6 Å². The third-order valence-electron chi connectivity index (χ3n) is 1.55. The molecule has 0 aromatic carbocycles. The van der Waals surface area contributed by atoms with Crippen molar-refractivity contribution < 1.29 is 0 Å². The van der Waals surface area contributed by atoms with Crippen LogP contribution < -0.4 is 0 Å². The smallest absolute Gasteiger partial charge is 0.0681 e. The molecule has 2 aromatic rings. The van der Waals surface area contributed by atoms with E-state index in [0.29, 0.717) is 0 Å². The quantitative estimate of drug-likeness (QED) is 0.669. The molecule has 0 saturated carbocycles. The standard InChI is InChI=1S/C9H9N3S/c1-8-6-9(13-11-8)7-10-12-4-2-3-5-12/h2-7H,1H3/b10-7+. The predicted molar refractivity (Wildman–Crippen MR) is 54.3 cm³/mol. The van der Waals surface area contributed by atoms with E-state index in [1.165, 1.54) is 11.5 Å². The van der Waals surface area contributed by atoms with Gasteiger partial charge in [0.2, 0.25) is 0 Å². The second-order valence-corrected chi connectivity index (χ2v) is 3.51. The summed E-state index contributed by atoms with van der Waals surface area (Å²) in [5, 5.41) is 4.21. The van der Waals surface area contributed by atoms with Gasteiger partial charge in [-0.2, -0.15) is 9.47 Å². The summed E-state index contributed by atoms with van der Waals surface area (Å²) in [5.41, 5.74) is 1.04. The molecule has 0 unspecified atom stereocenters. The summed E-state index contributed by atoms with van der Waals surface area (Å²) in [6.45, 7) is 1.98. The van der Waals surface area contributed by atoms with Crippen LogP contribution in [0.25, 0.3) is 0 Å². The monoisotopic (exact) mass is 191 g/mol. The number of aryl methyl sites for hydroxylation is 1. The number of aromatic nitrogens is 2. The summed E-state index contributed by atoms with van der Waals surface area (Å²) in [7, 11) is 0. The molecule has 0 amide bonds. The Hall–Kier alpha value is -1.42. The molecule has 0 N–H and O–H groups in total. The molecule has 3 nitrogen and oxygen atoms in total. The summed E-state index contributed by atoms with van der Waals surface area (Å²) in [6.07, 6.45) is 5.60. The Morgan fingerprint density at radius 2 is 2.23 bits per heavy atom. The summed E-state index contributed by atoms with van der Waals surface area (Å²) in [5.74, 6) is 0. The fraction of sp³-hybridized carbons (Fsp3) is 0.111. The van der Waals surface area contributed by atoms with Gasteiger partial charge in [-0.3, -0.25) is 0 Å². The van der Waals surface area contributed by atoms with Crippen molar-refractivity contribution in [3.8, 4) is 0 Å². The predicted octanol–water partition coefficient (Wildman–Crippen LogP) is 2.14. The first-order valence-corrected chi connectivity index (χ1v) is 4.72. The van der Waals surface area contributed by atoms with Crippen molar-refractivity contribution in [2.45, 2.75) is 6.92 Å². The zero-order valence-electron chi connectivity index (χ0n) is 7.21. The fourth-order valence-electron chi connectivity index (χ4n) is 0.970. The minimum absolute atomic E-state index is 1.04. The molecule has 0 aliphatic rings. The molecule has 0 aliphatic carbocycles. The maximum atomic E-state index is 4.21. The number of rotatable bonds is 2. The lowest BCUT2D eigenvalue weighted by atomic mass is 10.4. The highest BCUT2D eigenvalue weighted by atomic mass is 32.1. The van der Waals surface area contributed by atoms with Crippen molar-refractivity contribution in [2.24, 2.45) is 5.10 Å². The Balaban J connectivity index is 2.14. The summed E-state index contributed by atoms with van der Waals surface area (Å²) >= 11 is 1.46. The van der Waals surface area contributed by atoms with Gasteiger partial charge in [0.15, 0.2) is 0 Å². The first-order valence-electron chi connectivity index (χ1n) is 3.95. The molecule has 2 heterocycles.